The van der Waals surface area contributed by atoms with Crippen LogP contribution in [0.4, 0.5) is 0 Å². The van der Waals surface area contributed by atoms with Gasteiger partial charge in [0.1, 0.15) is 5.82 Å². The summed E-state index contributed by atoms with van der Waals surface area (Å²) in [5.74, 6) is 0.936. The molecule has 6 aromatic rings. The van der Waals surface area contributed by atoms with E-state index in [0.29, 0.717) is 6.04 Å². The van der Waals surface area contributed by atoms with Crippen molar-refractivity contribution in [2.24, 2.45) is 0 Å². The molecule has 0 saturated heterocycles. The summed E-state index contributed by atoms with van der Waals surface area (Å²) in [6.45, 7) is 0. The summed E-state index contributed by atoms with van der Waals surface area (Å²) in [4.78, 5) is 5.01. The van der Waals surface area contributed by atoms with Crippen molar-refractivity contribution in [3.8, 4) is 17.1 Å². The van der Waals surface area contributed by atoms with Gasteiger partial charge in [-0.2, -0.15) is 0 Å². The molecule has 0 fully saturated rings. The van der Waals surface area contributed by atoms with Gasteiger partial charge in [-0.1, -0.05) is 60.6 Å². The molecule has 2 nitrogen and oxygen atoms in total. The van der Waals surface area contributed by atoms with Crippen LogP contribution in [0, 0.1) is 0 Å². The molecule has 2 heterocycles. The standard InChI is InChI=1S/C25H16N2S/c1-2-8-18-15-19(14-13-17(18)7-1)27-23-11-5-4-10-22(23)26-25(27)21-16-28-24-12-6-3-9-20(21)24/h1-16H/i6D. The number of fused-ring (bicyclic) bond motifs is 3. The second-order valence-corrected chi connectivity index (χ2v) is 7.77. The third kappa shape index (κ3) is 2.30. The smallest absolute Gasteiger partial charge is 0.147 e. The Bertz CT molecular complexity index is 1530. The highest BCUT2D eigenvalue weighted by Crippen LogP contribution is 2.37. The van der Waals surface area contributed by atoms with E-state index in [2.05, 4.69) is 70.6 Å². The minimum atomic E-state index is 0.536. The van der Waals surface area contributed by atoms with Gasteiger partial charge in [-0.15, -0.1) is 11.3 Å². The molecule has 3 heteroatoms. The van der Waals surface area contributed by atoms with E-state index < -0.39 is 0 Å². The number of para-hydroxylation sites is 2. The molecule has 0 saturated carbocycles. The van der Waals surface area contributed by atoms with E-state index in [4.69, 9.17) is 6.35 Å². The maximum atomic E-state index is 7.92. The zero-order chi connectivity index (χ0) is 19.4. The van der Waals surface area contributed by atoms with Gasteiger partial charge in [0.05, 0.1) is 12.4 Å². The van der Waals surface area contributed by atoms with Crippen LogP contribution in [0.3, 0.4) is 0 Å². The fourth-order valence-electron chi connectivity index (χ4n) is 3.88. The zero-order valence-corrected chi connectivity index (χ0v) is 15.8. The average Bonchev–Trinajstić information content (AvgIpc) is 3.34. The Morgan fingerprint density at radius 2 is 1.68 bits per heavy atom. The van der Waals surface area contributed by atoms with E-state index in [0.717, 1.165) is 38.2 Å². The molecule has 0 bridgehead atoms. The molecule has 0 aliphatic carbocycles. The van der Waals surface area contributed by atoms with Crippen molar-refractivity contribution in [2.45, 2.75) is 0 Å². The number of thiophene rings is 1. The van der Waals surface area contributed by atoms with E-state index in [1.165, 1.54) is 10.8 Å². The van der Waals surface area contributed by atoms with Gasteiger partial charge in [0.25, 0.3) is 0 Å². The molecule has 0 radical (unpaired) electrons. The fraction of sp³-hybridized carbons (Fsp3) is 0. The van der Waals surface area contributed by atoms with Gasteiger partial charge in [-0.05, 0) is 41.1 Å². The second-order valence-electron chi connectivity index (χ2n) is 6.86. The highest BCUT2D eigenvalue weighted by atomic mass is 32.1. The van der Waals surface area contributed by atoms with E-state index in [9.17, 15) is 0 Å². The normalized spacial score (nSPS) is 12.1. The van der Waals surface area contributed by atoms with E-state index in [-0.39, 0.29) is 0 Å². The first-order valence-electron chi connectivity index (χ1n) is 9.73. The first kappa shape index (κ1) is 14.6. The van der Waals surface area contributed by atoms with Gasteiger partial charge in [-0.3, -0.25) is 4.57 Å². The van der Waals surface area contributed by atoms with Crippen LogP contribution in [0.15, 0.2) is 96.4 Å². The van der Waals surface area contributed by atoms with Gasteiger partial charge in [0, 0.05) is 26.7 Å². The van der Waals surface area contributed by atoms with Crippen LogP contribution in [-0.2, 0) is 0 Å². The Hall–Kier alpha value is -3.43. The summed E-state index contributed by atoms with van der Waals surface area (Å²) in [6.07, 6.45) is 0. The third-order valence-electron chi connectivity index (χ3n) is 5.21. The monoisotopic (exact) mass is 377 g/mol. The lowest BCUT2D eigenvalue weighted by Gasteiger charge is -2.10. The van der Waals surface area contributed by atoms with E-state index in [1.54, 1.807) is 11.3 Å². The second kappa shape index (κ2) is 6.04. The molecular formula is C25H16N2S. The summed E-state index contributed by atoms with van der Waals surface area (Å²) < 4.78 is 11.3. The predicted molar refractivity (Wildman–Crippen MR) is 119 cm³/mol. The molecule has 2 aromatic heterocycles. The van der Waals surface area contributed by atoms with Crippen molar-refractivity contribution < 1.29 is 1.37 Å². The predicted octanol–water partition coefficient (Wildman–Crippen LogP) is 7.06. The minimum absolute atomic E-state index is 0.536. The highest BCUT2D eigenvalue weighted by molar-refractivity contribution is 7.17. The fourth-order valence-corrected chi connectivity index (χ4v) is 4.80. The number of aromatic nitrogens is 2. The lowest BCUT2D eigenvalue weighted by atomic mass is 10.1. The Balaban J connectivity index is 1.68. The van der Waals surface area contributed by atoms with Gasteiger partial charge < -0.3 is 0 Å². The van der Waals surface area contributed by atoms with Gasteiger partial charge in [0.2, 0.25) is 0 Å². The first-order valence-corrected chi connectivity index (χ1v) is 10.1. The Labute approximate surface area is 167 Å². The quantitative estimate of drug-likeness (QED) is 0.316. The van der Waals surface area contributed by atoms with Crippen molar-refractivity contribution in [3.63, 3.8) is 0 Å². The molecule has 6 rings (SSSR count). The molecular weight excluding hydrogens is 360 g/mol. The Kier molecular flexibility index (Phi) is 3.15. The number of rotatable bonds is 2. The van der Waals surface area contributed by atoms with Crippen LogP contribution in [0.5, 0.6) is 0 Å². The number of benzene rings is 4. The molecule has 0 amide bonds. The topological polar surface area (TPSA) is 17.8 Å². The maximum Gasteiger partial charge on any atom is 0.147 e. The SMILES string of the molecule is [2H]c1ccc2c(-c3nc4ccccc4n3-c3ccc4ccccc4c3)csc2c1. The Morgan fingerprint density at radius 1 is 0.821 bits per heavy atom. The molecule has 28 heavy (non-hydrogen) atoms. The summed E-state index contributed by atoms with van der Waals surface area (Å²) in [6, 6.07) is 29.6. The molecule has 0 spiro atoms. The molecule has 0 aliphatic rings. The highest BCUT2D eigenvalue weighted by Gasteiger charge is 2.17. The summed E-state index contributed by atoms with van der Waals surface area (Å²) in [5.41, 5.74) is 4.28. The van der Waals surface area contributed by atoms with Crippen molar-refractivity contribution in [2.75, 3.05) is 0 Å². The van der Waals surface area contributed by atoms with Crippen molar-refractivity contribution in [3.05, 3.63) is 96.4 Å². The van der Waals surface area contributed by atoms with Crippen LogP contribution in [0.2, 0.25) is 0 Å². The van der Waals surface area contributed by atoms with Gasteiger partial charge in [-0.25, -0.2) is 4.98 Å². The molecule has 0 N–H and O–H groups in total. The minimum Gasteiger partial charge on any atom is -0.292 e. The van der Waals surface area contributed by atoms with Crippen LogP contribution in [0.1, 0.15) is 1.37 Å². The van der Waals surface area contributed by atoms with E-state index >= 15 is 0 Å². The van der Waals surface area contributed by atoms with Crippen LogP contribution < -0.4 is 0 Å². The molecule has 132 valence electrons. The van der Waals surface area contributed by atoms with Crippen LogP contribution in [-0.4, -0.2) is 9.55 Å². The molecule has 0 atom stereocenters. The number of hydrogen-bond donors (Lipinski definition) is 0. The van der Waals surface area contributed by atoms with E-state index in [1.807, 2.05) is 24.3 Å². The first-order chi connectivity index (χ1) is 14.3. The van der Waals surface area contributed by atoms with Crippen molar-refractivity contribution in [1.82, 2.24) is 9.55 Å². The summed E-state index contributed by atoms with van der Waals surface area (Å²) in [7, 11) is 0. The summed E-state index contributed by atoms with van der Waals surface area (Å²) >= 11 is 1.67. The Morgan fingerprint density at radius 3 is 2.64 bits per heavy atom. The third-order valence-corrected chi connectivity index (χ3v) is 6.16. The van der Waals surface area contributed by atoms with Crippen molar-refractivity contribution in [1.29, 1.82) is 0 Å². The lowest BCUT2D eigenvalue weighted by molar-refractivity contribution is 1.11. The largest absolute Gasteiger partial charge is 0.292 e. The zero-order valence-electron chi connectivity index (χ0n) is 16.0. The number of nitrogens with zero attached hydrogens (tertiary/aromatic N) is 2. The summed E-state index contributed by atoms with van der Waals surface area (Å²) in [5, 5.41) is 5.74. The van der Waals surface area contributed by atoms with Crippen LogP contribution >= 0.6 is 11.3 Å². The molecule has 0 aliphatic heterocycles. The maximum absolute atomic E-state index is 7.92. The number of imidazole rings is 1. The number of hydrogen-bond acceptors (Lipinski definition) is 2. The van der Waals surface area contributed by atoms with Crippen molar-refractivity contribution >= 4 is 43.2 Å². The van der Waals surface area contributed by atoms with Gasteiger partial charge >= 0.3 is 0 Å². The van der Waals surface area contributed by atoms with Crippen LogP contribution in [0.25, 0.3) is 49.0 Å². The average molecular weight is 377 g/mol. The molecule has 4 aromatic carbocycles. The molecule has 0 unspecified atom stereocenters. The van der Waals surface area contributed by atoms with Gasteiger partial charge in [0.15, 0.2) is 0 Å². The lowest BCUT2D eigenvalue weighted by Crippen LogP contribution is -1.97.